The van der Waals surface area contributed by atoms with Crippen LogP contribution in [-0.4, -0.2) is 46.3 Å². The molecule has 1 saturated heterocycles. The van der Waals surface area contributed by atoms with Gasteiger partial charge in [-0.2, -0.15) is 0 Å². The lowest BCUT2D eigenvalue weighted by atomic mass is 9.96. The third kappa shape index (κ3) is 5.76. The predicted molar refractivity (Wildman–Crippen MR) is 168 cm³/mol. The number of anilines is 2. The number of non-ortho nitro benzene ring substituents is 1. The summed E-state index contributed by atoms with van der Waals surface area (Å²) in [7, 11) is 2.93. The van der Waals surface area contributed by atoms with E-state index < -0.39 is 4.92 Å². The van der Waals surface area contributed by atoms with Gasteiger partial charge in [-0.05, 0) is 74.1 Å². The standard InChI is InChI=1S/C30H29ClN6O5S/c1-17-13-21(18(2)35(17)25-11-9-20(37(39)40)15-26(25)42-4)29-28(24-7-5-6-12-32-24)34-30(43)36(29)19-8-10-23(22(31)14-19)33-27(38)16-41-3/h5-15,28-29H,16H2,1-4H3,(H,33,38)(H,34,43). The second-order valence-corrected chi connectivity index (χ2v) is 10.7. The lowest BCUT2D eigenvalue weighted by Gasteiger charge is -2.28. The zero-order chi connectivity index (χ0) is 30.8. The Morgan fingerprint density at radius 3 is 2.60 bits per heavy atom. The molecule has 2 aromatic carbocycles. The molecule has 43 heavy (non-hydrogen) atoms. The van der Waals surface area contributed by atoms with Crippen molar-refractivity contribution in [3.63, 3.8) is 0 Å². The number of amides is 1. The first kappa shape index (κ1) is 30.0. The largest absolute Gasteiger partial charge is 0.494 e. The molecule has 0 radical (unpaired) electrons. The van der Waals surface area contributed by atoms with Crippen molar-refractivity contribution >= 4 is 51.9 Å². The van der Waals surface area contributed by atoms with E-state index in [-0.39, 0.29) is 30.3 Å². The van der Waals surface area contributed by atoms with E-state index in [1.807, 2.05) is 47.6 Å². The molecule has 13 heteroatoms. The van der Waals surface area contributed by atoms with Crippen molar-refractivity contribution in [2.45, 2.75) is 25.9 Å². The molecule has 2 N–H and O–H groups in total. The molecule has 2 atom stereocenters. The van der Waals surface area contributed by atoms with E-state index in [2.05, 4.69) is 21.7 Å². The molecule has 1 amide bonds. The molecule has 5 rings (SSSR count). The minimum atomic E-state index is -0.451. The number of nitrogens with zero attached hydrogens (tertiary/aromatic N) is 4. The first-order valence-corrected chi connectivity index (χ1v) is 14.0. The number of nitrogens with one attached hydrogen (secondary N) is 2. The molecule has 1 fully saturated rings. The number of carbonyl (C=O) groups is 1. The molecule has 0 spiro atoms. The summed E-state index contributed by atoms with van der Waals surface area (Å²) in [5, 5.41) is 18.4. The Kier molecular flexibility index (Phi) is 8.62. The zero-order valence-corrected chi connectivity index (χ0v) is 25.4. The summed E-state index contributed by atoms with van der Waals surface area (Å²) >= 11 is 12.5. The van der Waals surface area contributed by atoms with E-state index in [9.17, 15) is 14.9 Å². The third-order valence-electron chi connectivity index (χ3n) is 7.28. The van der Waals surface area contributed by atoms with Crippen LogP contribution in [0.2, 0.25) is 5.02 Å². The lowest BCUT2D eigenvalue weighted by Crippen LogP contribution is -2.29. The number of rotatable bonds is 9. The Morgan fingerprint density at radius 2 is 1.95 bits per heavy atom. The smallest absolute Gasteiger partial charge is 0.273 e. The fraction of sp³-hybridized carbons (Fsp3) is 0.233. The van der Waals surface area contributed by atoms with Gasteiger partial charge in [-0.1, -0.05) is 17.7 Å². The molecule has 1 aliphatic rings. The summed E-state index contributed by atoms with van der Waals surface area (Å²) in [6.45, 7) is 3.85. The summed E-state index contributed by atoms with van der Waals surface area (Å²) in [5.74, 6) is 0.0522. The van der Waals surface area contributed by atoms with E-state index in [1.54, 1.807) is 24.4 Å². The molecular formula is C30H29ClN6O5S. The average molecular weight is 621 g/mol. The van der Waals surface area contributed by atoms with Crippen LogP contribution in [0.15, 0.2) is 66.9 Å². The zero-order valence-electron chi connectivity index (χ0n) is 23.8. The number of carbonyl (C=O) groups excluding carboxylic acids is 1. The molecule has 4 aromatic rings. The highest BCUT2D eigenvalue weighted by molar-refractivity contribution is 7.80. The van der Waals surface area contributed by atoms with Gasteiger partial charge in [0.2, 0.25) is 5.91 Å². The summed E-state index contributed by atoms with van der Waals surface area (Å²) in [6, 6.07) is 17.0. The van der Waals surface area contributed by atoms with Gasteiger partial charge in [0.15, 0.2) is 5.11 Å². The van der Waals surface area contributed by atoms with E-state index in [4.69, 9.17) is 33.3 Å². The number of nitro groups is 1. The second-order valence-electron chi connectivity index (χ2n) is 9.92. The van der Waals surface area contributed by atoms with Crippen LogP contribution < -0.4 is 20.3 Å². The van der Waals surface area contributed by atoms with Crippen LogP contribution in [0.4, 0.5) is 17.1 Å². The summed E-state index contributed by atoms with van der Waals surface area (Å²) in [6.07, 6.45) is 1.74. The van der Waals surface area contributed by atoms with Gasteiger partial charge in [-0.3, -0.25) is 19.9 Å². The minimum absolute atomic E-state index is 0.0613. The molecule has 2 unspecified atom stereocenters. The van der Waals surface area contributed by atoms with Crippen molar-refractivity contribution in [3.05, 3.63) is 105 Å². The summed E-state index contributed by atoms with van der Waals surface area (Å²) in [5.41, 5.74) is 5.31. The average Bonchev–Trinajstić information content (AvgIpc) is 3.48. The third-order valence-corrected chi connectivity index (χ3v) is 7.91. The van der Waals surface area contributed by atoms with Crippen molar-refractivity contribution in [3.8, 4) is 11.4 Å². The number of aromatic nitrogens is 2. The number of benzene rings is 2. The molecule has 0 saturated carbocycles. The number of thiocarbonyl (C=S) groups is 1. The van der Waals surface area contributed by atoms with Crippen molar-refractivity contribution in [2.75, 3.05) is 31.0 Å². The first-order chi connectivity index (χ1) is 20.6. The monoisotopic (exact) mass is 620 g/mol. The van der Waals surface area contributed by atoms with Crippen LogP contribution in [0, 0.1) is 24.0 Å². The number of nitro benzene ring substituents is 1. The first-order valence-electron chi connectivity index (χ1n) is 13.2. The molecular weight excluding hydrogens is 592 g/mol. The Hall–Kier alpha value is -4.52. The van der Waals surface area contributed by atoms with E-state index in [0.29, 0.717) is 32.9 Å². The molecule has 0 aliphatic carbocycles. The van der Waals surface area contributed by atoms with Gasteiger partial charge in [0, 0.05) is 36.4 Å². The quantitative estimate of drug-likeness (QED) is 0.135. The Labute approximate surface area is 258 Å². The summed E-state index contributed by atoms with van der Waals surface area (Å²) in [4.78, 5) is 29.7. The Bertz CT molecular complexity index is 1710. The number of hydrogen-bond acceptors (Lipinski definition) is 7. The molecule has 0 bridgehead atoms. The Balaban J connectivity index is 1.63. The highest BCUT2D eigenvalue weighted by Gasteiger charge is 2.42. The highest BCUT2D eigenvalue weighted by Crippen LogP contribution is 2.45. The molecule has 222 valence electrons. The highest BCUT2D eigenvalue weighted by atomic mass is 35.5. The van der Waals surface area contributed by atoms with Crippen molar-refractivity contribution in [2.24, 2.45) is 0 Å². The van der Waals surface area contributed by atoms with Crippen LogP contribution in [0.5, 0.6) is 5.75 Å². The summed E-state index contributed by atoms with van der Waals surface area (Å²) < 4.78 is 12.5. The fourth-order valence-electron chi connectivity index (χ4n) is 5.44. The molecule has 1 aliphatic heterocycles. The number of ether oxygens (including phenoxy) is 2. The predicted octanol–water partition coefficient (Wildman–Crippen LogP) is 5.82. The number of aryl methyl sites for hydroxylation is 1. The lowest BCUT2D eigenvalue weighted by molar-refractivity contribution is -0.384. The maximum atomic E-state index is 12.1. The van der Waals surface area contributed by atoms with Crippen molar-refractivity contribution in [1.29, 1.82) is 0 Å². The topological polar surface area (TPSA) is 124 Å². The minimum Gasteiger partial charge on any atom is -0.494 e. The number of halogens is 1. The normalized spacial score (nSPS) is 16.2. The van der Waals surface area contributed by atoms with Crippen molar-refractivity contribution in [1.82, 2.24) is 14.9 Å². The van der Waals surface area contributed by atoms with Gasteiger partial charge in [-0.15, -0.1) is 0 Å². The molecule has 2 aromatic heterocycles. The van der Waals surface area contributed by atoms with Gasteiger partial charge in [0.1, 0.15) is 12.4 Å². The Morgan fingerprint density at radius 1 is 1.16 bits per heavy atom. The van der Waals surface area contributed by atoms with E-state index in [1.165, 1.54) is 26.4 Å². The number of pyridine rings is 1. The molecule has 3 heterocycles. The molecule has 11 nitrogen and oxygen atoms in total. The van der Waals surface area contributed by atoms with E-state index in [0.717, 1.165) is 22.6 Å². The maximum absolute atomic E-state index is 12.1. The van der Waals surface area contributed by atoms with Crippen LogP contribution in [0.25, 0.3) is 5.69 Å². The van der Waals surface area contributed by atoms with Crippen LogP contribution in [0.1, 0.15) is 34.7 Å². The number of methoxy groups -OCH3 is 2. The number of hydrogen-bond donors (Lipinski definition) is 2. The van der Waals surface area contributed by atoms with Gasteiger partial charge in [0.05, 0.1) is 52.3 Å². The van der Waals surface area contributed by atoms with Gasteiger partial charge < -0.3 is 29.6 Å². The van der Waals surface area contributed by atoms with E-state index >= 15 is 0 Å². The fourth-order valence-corrected chi connectivity index (χ4v) is 6.01. The van der Waals surface area contributed by atoms with Crippen LogP contribution >= 0.6 is 23.8 Å². The SMILES string of the molecule is COCC(=O)Nc1ccc(N2C(=S)NC(c3ccccn3)C2c2cc(C)n(-c3ccc([N+](=O)[O-])cc3OC)c2C)cc1Cl. The van der Waals surface area contributed by atoms with Gasteiger partial charge >= 0.3 is 0 Å². The van der Waals surface area contributed by atoms with Crippen LogP contribution in [-0.2, 0) is 9.53 Å². The maximum Gasteiger partial charge on any atom is 0.273 e. The second kappa shape index (κ2) is 12.4. The van der Waals surface area contributed by atoms with Gasteiger partial charge in [-0.25, -0.2) is 0 Å². The van der Waals surface area contributed by atoms with Crippen molar-refractivity contribution < 1.29 is 19.2 Å². The van der Waals surface area contributed by atoms with Gasteiger partial charge in [0.25, 0.3) is 5.69 Å². The van der Waals surface area contributed by atoms with Crippen LogP contribution in [0.3, 0.4) is 0 Å².